The number of hydrogen-bond donors (Lipinski definition) is 1. The zero-order chi connectivity index (χ0) is 20.9. The van der Waals surface area contributed by atoms with Crippen molar-refractivity contribution in [2.45, 2.75) is 12.3 Å². The maximum atomic E-state index is 12.5. The number of anilines is 1. The summed E-state index contributed by atoms with van der Waals surface area (Å²) in [7, 11) is 2.18. The summed E-state index contributed by atoms with van der Waals surface area (Å²) in [5.41, 5.74) is 2.22. The van der Waals surface area contributed by atoms with Gasteiger partial charge in [0.05, 0.1) is 5.75 Å². The Labute approximate surface area is 187 Å². The normalized spacial score (nSPS) is 19.7. The number of halogens is 1. The largest absolute Gasteiger partial charge is 0.325 e. The van der Waals surface area contributed by atoms with Gasteiger partial charge in [0, 0.05) is 17.3 Å². The van der Waals surface area contributed by atoms with Gasteiger partial charge in [-0.2, -0.15) is 11.8 Å². The number of amides is 1. The van der Waals surface area contributed by atoms with Crippen molar-refractivity contribution in [3.8, 4) is 0 Å². The molecule has 1 amide bonds. The molecule has 30 heavy (non-hydrogen) atoms. The molecule has 1 aliphatic heterocycles. The van der Waals surface area contributed by atoms with Crippen molar-refractivity contribution in [3.05, 3.63) is 77.3 Å². The molecule has 3 aromatic rings. The van der Waals surface area contributed by atoms with E-state index in [2.05, 4.69) is 41.5 Å². The van der Waals surface area contributed by atoms with Gasteiger partial charge in [-0.3, -0.25) is 4.79 Å². The molecule has 1 saturated heterocycles. The predicted molar refractivity (Wildman–Crippen MR) is 130 cm³/mol. The van der Waals surface area contributed by atoms with E-state index in [1.54, 1.807) is 11.8 Å². The Hall–Kier alpha value is -2.01. The number of likely N-dealkylation sites (tertiary alicyclic amines) is 1. The molecule has 1 heterocycles. The monoisotopic (exact) mass is 438 g/mol. The number of piperidine rings is 1. The van der Waals surface area contributed by atoms with Gasteiger partial charge in [0.1, 0.15) is 0 Å². The first-order valence-electron chi connectivity index (χ1n) is 10.4. The number of benzene rings is 3. The van der Waals surface area contributed by atoms with Gasteiger partial charge in [0.15, 0.2) is 0 Å². The van der Waals surface area contributed by atoms with Crippen LogP contribution in [0.1, 0.15) is 17.9 Å². The van der Waals surface area contributed by atoms with E-state index in [0.717, 1.165) is 41.4 Å². The molecule has 0 aromatic heterocycles. The summed E-state index contributed by atoms with van der Waals surface area (Å²) in [4.78, 5) is 14.9. The van der Waals surface area contributed by atoms with Crippen LogP contribution >= 0.6 is 23.4 Å². The van der Waals surface area contributed by atoms with Crippen LogP contribution in [0.2, 0.25) is 5.02 Å². The van der Waals surface area contributed by atoms with Crippen LogP contribution in [0.15, 0.2) is 66.7 Å². The Kier molecular flexibility index (Phi) is 6.98. The van der Waals surface area contributed by atoms with Gasteiger partial charge in [-0.1, -0.05) is 54.1 Å². The molecule has 5 heteroatoms. The van der Waals surface area contributed by atoms with Crippen molar-refractivity contribution in [2.75, 3.05) is 37.0 Å². The minimum absolute atomic E-state index is 0.0579. The SMILES string of the molecule is CN1CC[C@@H](c2ccc(Cl)cc2)[C@@H](CSCC(=O)Nc2ccc3ccccc3c2)C1. The fourth-order valence-electron chi connectivity index (χ4n) is 4.30. The highest BCUT2D eigenvalue weighted by Crippen LogP contribution is 2.35. The van der Waals surface area contributed by atoms with Crippen molar-refractivity contribution in [1.82, 2.24) is 4.90 Å². The molecule has 0 radical (unpaired) electrons. The fraction of sp³-hybridized carbons (Fsp3) is 0.320. The maximum Gasteiger partial charge on any atom is 0.234 e. The Morgan fingerprint density at radius 1 is 1.10 bits per heavy atom. The van der Waals surface area contributed by atoms with E-state index in [1.165, 1.54) is 10.9 Å². The van der Waals surface area contributed by atoms with Crippen molar-refractivity contribution in [1.29, 1.82) is 0 Å². The topological polar surface area (TPSA) is 32.3 Å². The first-order chi connectivity index (χ1) is 14.6. The van der Waals surface area contributed by atoms with Crippen molar-refractivity contribution in [3.63, 3.8) is 0 Å². The second-order valence-corrected chi connectivity index (χ2v) is 9.56. The number of carbonyl (C=O) groups is 1. The zero-order valence-electron chi connectivity index (χ0n) is 17.2. The van der Waals surface area contributed by atoms with Crippen LogP contribution in [0, 0.1) is 5.92 Å². The smallest absolute Gasteiger partial charge is 0.234 e. The Morgan fingerprint density at radius 2 is 1.87 bits per heavy atom. The molecular formula is C25H27ClN2OS. The summed E-state index contributed by atoms with van der Waals surface area (Å²) in [5, 5.41) is 6.14. The van der Waals surface area contributed by atoms with Crippen LogP contribution < -0.4 is 5.32 Å². The van der Waals surface area contributed by atoms with Gasteiger partial charge >= 0.3 is 0 Å². The Bertz CT molecular complexity index is 1010. The number of fused-ring (bicyclic) bond motifs is 1. The molecule has 2 atom stereocenters. The Morgan fingerprint density at radius 3 is 2.67 bits per heavy atom. The van der Waals surface area contributed by atoms with Crippen LogP contribution in [0.5, 0.6) is 0 Å². The molecule has 0 bridgehead atoms. The zero-order valence-corrected chi connectivity index (χ0v) is 18.8. The highest BCUT2D eigenvalue weighted by molar-refractivity contribution is 7.99. The maximum absolute atomic E-state index is 12.5. The van der Waals surface area contributed by atoms with Crippen molar-refractivity contribution in [2.24, 2.45) is 5.92 Å². The number of hydrogen-bond acceptors (Lipinski definition) is 3. The quantitative estimate of drug-likeness (QED) is 0.520. The van der Waals surface area contributed by atoms with E-state index in [4.69, 9.17) is 11.6 Å². The second-order valence-electron chi connectivity index (χ2n) is 8.09. The summed E-state index contributed by atoms with van der Waals surface area (Å²) >= 11 is 7.80. The fourth-order valence-corrected chi connectivity index (χ4v) is 5.44. The molecule has 0 aliphatic carbocycles. The lowest BCUT2D eigenvalue weighted by Crippen LogP contribution is -2.38. The molecule has 0 spiro atoms. The van der Waals surface area contributed by atoms with Crippen molar-refractivity contribution >= 4 is 45.7 Å². The highest BCUT2D eigenvalue weighted by atomic mass is 35.5. The minimum atomic E-state index is 0.0579. The molecule has 0 saturated carbocycles. The first kappa shape index (κ1) is 21.2. The van der Waals surface area contributed by atoms with E-state index in [-0.39, 0.29) is 5.91 Å². The van der Waals surface area contributed by atoms with Crippen molar-refractivity contribution < 1.29 is 4.79 Å². The standard InChI is InChI=1S/C25H27ClN2OS/c1-28-13-12-24(19-6-9-22(26)10-7-19)21(15-28)16-30-17-25(29)27-23-11-8-18-4-2-3-5-20(18)14-23/h2-11,14,21,24H,12-13,15-17H2,1H3,(H,27,29)/t21-,24+/m1/s1. The van der Waals surface area contributed by atoms with Gasteiger partial charge in [0.25, 0.3) is 0 Å². The molecular weight excluding hydrogens is 412 g/mol. The van der Waals surface area contributed by atoms with Gasteiger partial charge in [0.2, 0.25) is 5.91 Å². The molecule has 1 N–H and O–H groups in total. The molecule has 1 fully saturated rings. The number of nitrogens with one attached hydrogen (secondary N) is 1. The molecule has 1 aliphatic rings. The molecule has 3 nitrogen and oxygen atoms in total. The average molecular weight is 439 g/mol. The third-order valence-corrected chi connectivity index (χ3v) is 7.22. The summed E-state index contributed by atoms with van der Waals surface area (Å²) < 4.78 is 0. The van der Waals surface area contributed by atoms with E-state index in [1.807, 2.05) is 42.5 Å². The summed E-state index contributed by atoms with van der Waals surface area (Å²) in [6.07, 6.45) is 1.15. The summed E-state index contributed by atoms with van der Waals surface area (Å²) in [6.45, 7) is 2.17. The van der Waals surface area contributed by atoms with E-state index < -0.39 is 0 Å². The lowest BCUT2D eigenvalue weighted by Gasteiger charge is -2.37. The highest BCUT2D eigenvalue weighted by Gasteiger charge is 2.29. The van der Waals surface area contributed by atoms with E-state index >= 15 is 0 Å². The number of thioether (sulfide) groups is 1. The van der Waals surface area contributed by atoms with Gasteiger partial charge in [-0.25, -0.2) is 0 Å². The van der Waals surface area contributed by atoms with E-state index in [0.29, 0.717) is 17.6 Å². The first-order valence-corrected chi connectivity index (χ1v) is 11.9. The third kappa shape index (κ3) is 5.37. The molecule has 4 rings (SSSR count). The predicted octanol–water partition coefficient (Wildman–Crippen LogP) is 5.90. The van der Waals surface area contributed by atoms with Gasteiger partial charge < -0.3 is 10.2 Å². The number of nitrogens with zero attached hydrogens (tertiary/aromatic N) is 1. The lowest BCUT2D eigenvalue weighted by atomic mass is 9.81. The van der Waals surface area contributed by atoms with Gasteiger partial charge in [-0.05, 0) is 78.2 Å². The number of carbonyl (C=O) groups excluding carboxylic acids is 1. The molecule has 156 valence electrons. The van der Waals surface area contributed by atoms with Crippen LogP contribution in [0.4, 0.5) is 5.69 Å². The Balaban J connectivity index is 1.32. The van der Waals surface area contributed by atoms with Crippen LogP contribution in [-0.2, 0) is 4.79 Å². The average Bonchev–Trinajstić information content (AvgIpc) is 2.75. The number of rotatable bonds is 6. The second kappa shape index (κ2) is 9.86. The van der Waals surface area contributed by atoms with E-state index in [9.17, 15) is 4.79 Å². The third-order valence-electron chi connectivity index (χ3n) is 5.83. The lowest BCUT2D eigenvalue weighted by molar-refractivity contribution is -0.113. The summed E-state index contributed by atoms with van der Waals surface area (Å²) in [5.74, 6) is 2.56. The van der Waals surface area contributed by atoms with Crippen LogP contribution in [0.3, 0.4) is 0 Å². The molecule has 0 unspecified atom stereocenters. The minimum Gasteiger partial charge on any atom is -0.325 e. The summed E-state index contributed by atoms with van der Waals surface area (Å²) in [6, 6.07) is 22.5. The molecule has 3 aromatic carbocycles. The van der Waals surface area contributed by atoms with Gasteiger partial charge in [-0.15, -0.1) is 0 Å². The van der Waals surface area contributed by atoms with Crippen LogP contribution in [0.25, 0.3) is 10.8 Å². The van der Waals surface area contributed by atoms with Crippen LogP contribution in [-0.4, -0.2) is 42.4 Å².